The van der Waals surface area contributed by atoms with Crippen LogP contribution < -0.4 is 0 Å². The first-order valence-electron chi connectivity index (χ1n) is 6.56. The van der Waals surface area contributed by atoms with Crippen molar-refractivity contribution in [3.63, 3.8) is 0 Å². The molecule has 17 heavy (non-hydrogen) atoms. The van der Waals surface area contributed by atoms with E-state index in [9.17, 15) is 0 Å². The lowest BCUT2D eigenvalue weighted by molar-refractivity contribution is 1.13. The molecule has 3 rings (SSSR count). The highest BCUT2D eigenvalue weighted by Gasteiger charge is 2.22. The fourth-order valence-electron chi connectivity index (χ4n) is 2.30. The van der Waals surface area contributed by atoms with Gasteiger partial charge in [-0.15, -0.1) is 0 Å². The quantitative estimate of drug-likeness (QED) is 0.700. The molecule has 0 spiro atoms. The van der Waals surface area contributed by atoms with E-state index < -0.39 is 0 Å². The fourth-order valence-corrected chi connectivity index (χ4v) is 2.30. The van der Waals surface area contributed by atoms with Gasteiger partial charge in [-0.3, -0.25) is 0 Å². The minimum atomic E-state index is 0.853. The molecule has 0 heterocycles. The van der Waals surface area contributed by atoms with E-state index in [4.69, 9.17) is 0 Å². The molecule has 0 bridgehead atoms. The van der Waals surface area contributed by atoms with Gasteiger partial charge in [0.15, 0.2) is 0 Å². The van der Waals surface area contributed by atoms with Gasteiger partial charge in [0.05, 0.1) is 0 Å². The van der Waals surface area contributed by atoms with E-state index in [2.05, 4.69) is 55.5 Å². The molecule has 86 valence electrons. The molecule has 0 saturated heterocycles. The van der Waals surface area contributed by atoms with E-state index in [1.807, 2.05) is 0 Å². The Morgan fingerprint density at radius 2 is 1.35 bits per heavy atom. The fraction of sp³-hybridized carbons (Fsp3) is 0.294. The van der Waals surface area contributed by atoms with Crippen molar-refractivity contribution >= 4 is 0 Å². The van der Waals surface area contributed by atoms with Gasteiger partial charge < -0.3 is 0 Å². The zero-order valence-electron chi connectivity index (χ0n) is 10.3. The Bertz CT molecular complexity index is 487. The van der Waals surface area contributed by atoms with E-state index in [-0.39, 0.29) is 0 Å². The van der Waals surface area contributed by atoms with Crippen LogP contribution in [-0.4, -0.2) is 0 Å². The molecule has 0 N–H and O–H groups in total. The van der Waals surface area contributed by atoms with Gasteiger partial charge in [0.25, 0.3) is 0 Å². The molecule has 0 heteroatoms. The average Bonchev–Trinajstić information content (AvgIpc) is 3.24. The van der Waals surface area contributed by atoms with Crippen LogP contribution in [0.15, 0.2) is 48.5 Å². The Morgan fingerprint density at radius 1 is 0.824 bits per heavy atom. The summed E-state index contributed by atoms with van der Waals surface area (Å²) < 4.78 is 0. The zero-order chi connectivity index (χ0) is 11.7. The molecule has 0 radical (unpaired) electrons. The SMILES string of the molecule is CCc1ccc(-c2ccc(C3CC3)cc2)cc1. The van der Waals surface area contributed by atoms with Crippen molar-refractivity contribution in [2.45, 2.75) is 32.1 Å². The molecule has 1 aliphatic carbocycles. The Morgan fingerprint density at radius 3 is 1.82 bits per heavy atom. The smallest absolute Gasteiger partial charge is 0.0162 e. The first-order chi connectivity index (χ1) is 8.36. The third-order valence-corrected chi connectivity index (χ3v) is 3.65. The molecule has 0 nitrogen and oxygen atoms in total. The third kappa shape index (κ3) is 2.26. The van der Waals surface area contributed by atoms with Crippen LogP contribution in [-0.2, 0) is 6.42 Å². The van der Waals surface area contributed by atoms with Crippen LogP contribution in [0.25, 0.3) is 11.1 Å². The van der Waals surface area contributed by atoms with Gasteiger partial charge >= 0.3 is 0 Å². The Balaban J connectivity index is 1.86. The standard InChI is InChI=1S/C17H18/c1-2-13-3-5-14(6-4-13)15-7-9-16(10-8-15)17-11-12-17/h3-10,17H,2,11-12H2,1H3. The van der Waals surface area contributed by atoms with E-state index in [0.29, 0.717) is 0 Å². The molecule has 0 amide bonds. The summed E-state index contributed by atoms with van der Waals surface area (Å²) in [7, 11) is 0. The lowest BCUT2D eigenvalue weighted by Crippen LogP contribution is -1.83. The van der Waals surface area contributed by atoms with E-state index in [1.165, 1.54) is 35.1 Å². The Hall–Kier alpha value is -1.56. The predicted octanol–water partition coefficient (Wildman–Crippen LogP) is 4.79. The van der Waals surface area contributed by atoms with Crippen LogP contribution in [0, 0.1) is 0 Å². The van der Waals surface area contributed by atoms with Crippen LogP contribution in [0.3, 0.4) is 0 Å². The Labute approximate surface area is 103 Å². The van der Waals surface area contributed by atoms with Crippen molar-refractivity contribution in [1.82, 2.24) is 0 Å². The monoisotopic (exact) mass is 222 g/mol. The van der Waals surface area contributed by atoms with Crippen LogP contribution in [0.5, 0.6) is 0 Å². The summed E-state index contributed by atoms with van der Waals surface area (Å²) in [5, 5.41) is 0. The summed E-state index contributed by atoms with van der Waals surface area (Å²) in [6.45, 7) is 2.19. The number of rotatable bonds is 3. The van der Waals surface area contributed by atoms with Crippen LogP contribution in [0.4, 0.5) is 0 Å². The highest BCUT2D eigenvalue weighted by molar-refractivity contribution is 5.64. The lowest BCUT2D eigenvalue weighted by Gasteiger charge is -2.04. The molecule has 2 aromatic rings. The summed E-state index contributed by atoms with van der Waals surface area (Å²) in [5.41, 5.74) is 5.57. The summed E-state index contributed by atoms with van der Waals surface area (Å²) in [6, 6.07) is 18.0. The summed E-state index contributed by atoms with van der Waals surface area (Å²) in [6.07, 6.45) is 3.87. The Kier molecular flexibility index (Phi) is 2.72. The van der Waals surface area contributed by atoms with Crippen molar-refractivity contribution in [2.75, 3.05) is 0 Å². The summed E-state index contributed by atoms with van der Waals surface area (Å²) in [5.74, 6) is 0.853. The molecule has 1 fully saturated rings. The van der Waals surface area contributed by atoms with Gasteiger partial charge in [-0.2, -0.15) is 0 Å². The average molecular weight is 222 g/mol. The third-order valence-electron chi connectivity index (χ3n) is 3.65. The van der Waals surface area contributed by atoms with Crippen molar-refractivity contribution in [1.29, 1.82) is 0 Å². The van der Waals surface area contributed by atoms with E-state index in [1.54, 1.807) is 0 Å². The maximum atomic E-state index is 2.29. The van der Waals surface area contributed by atoms with E-state index >= 15 is 0 Å². The number of aryl methyl sites for hydroxylation is 1. The normalized spacial score (nSPS) is 14.9. The first kappa shape index (κ1) is 10.6. The van der Waals surface area contributed by atoms with Crippen LogP contribution >= 0.6 is 0 Å². The molecule has 2 aromatic carbocycles. The van der Waals surface area contributed by atoms with Gasteiger partial charge in [-0.1, -0.05) is 55.5 Å². The minimum absolute atomic E-state index is 0.853. The molecule has 0 atom stereocenters. The molecule has 0 aliphatic heterocycles. The lowest BCUT2D eigenvalue weighted by atomic mass is 10.0. The van der Waals surface area contributed by atoms with Crippen LogP contribution in [0.1, 0.15) is 36.8 Å². The van der Waals surface area contributed by atoms with Gasteiger partial charge in [0.1, 0.15) is 0 Å². The molecular formula is C17H18. The molecule has 0 aromatic heterocycles. The van der Waals surface area contributed by atoms with Gasteiger partial charge in [0.2, 0.25) is 0 Å². The largest absolute Gasteiger partial charge is 0.0613 e. The van der Waals surface area contributed by atoms with Crippen molar-refractivity contribution in [3.05, 3.63) is 59.7 Å². The van der Waals surface area contributed by atoms with Crippen molar-refractivity contribution in [3.8, 4) is 11.1 Å². The van der Waals surface area contributed by atoms with Gasteiger partial charge in [0, 0.05) is 0 Å². The number of benzene rings is 2. The molecule has 0 unspecified atom stereocenters. The van der Waals surface area contributed by atoms with Crippen molar-refractivity contribution < 1.29 is 0 Å². The summed E-state index contributed by atoms with van der Waals surface area (Å²) in [4.78, 5) is 0. The molecule has 1 aliphatic rings. The maximum absolute atomic E-state index is 2.29. The number of hydrogen-bond acceptors (Lipinski definition) is 0. The first-order valence-corrected chi connectivity index (χ1v) is 6.56. The van der Waals surface area contributed by atoms with Crippen LogP contribution in [0.2, 0.25) is 0 Å². The highest BCUT2D eigenvalue weighted by Crippen LogP contribution is 2.40. The molecular weight excluding hydrogens is 204 g/mol. The topological polar surface area (TPSA) is 0 Å². The second kappa shape index (κ2) is 4.37. The van der Waals surface area contributed by atoms with E-state index in [0.717, 1.165) is 12.3 Å². The minimum Gasteiger partial charge on any atom is -0.0613 e. The second-order valence-corrected chi connectivity index (χ2v) is 4.95. The second-order valence-electron chi connectivity index (χ2n) is 4.95. The summed E-state index contributed by atoms with van der Waals surface area (Å²) >= 11 is 0. The van der Waals surface area contributed by atoms with Gasteiger partial charge in [-0.05, 0) is 47.4 Å². The van der Waals surface area contributed by atoms with Gasteiger partial charge in [-0.25, -0.2) is 0 Å². The van der Waals surface area contributed by atoms with Crippen molar-refractivity contribution in [2.24, 2.45) is 0 Å². The maximum Gasteiger partial charge on any atom is -0.0162 e. The highest BCUT2D eigenvalue weighted by atomic mass is 14.3. The molecule has 1 saturated carbocycles. The zero-order valence-corrected chi connectivity index (χ0v) is 10.3. The number of hydrogen-bond donors (Lipinski definition) is 0. The predicted molar refractivity (Wildman–Crippen MR) is 73.2 cm³/mol.